The molecule has 0 unspecified atom stereocenters. The van der Waals surface area contributed by atoms with Crippen molar-refractivity contribution < 1.29 is 9.52 Å². The Morgan fingerprint density at radius 3 is 2.67 bits per heavy atom. The van der Waals surface area contributed by atoms with E-state index in [1.165, 1.54) is 18.5 Å². The molecular weight excluding hydrogens is 340 g/mol. The zero-order valence-corrected chi connectivity index (χ0v) is 15.4. The fraction of sp³-hybridized carbons (Fsp3) is 0.286. The van der Waals surface area contributed by atoms with Crippen LogP contribution in [-0.2, 0) is 0 Å². The Labute approximate surface area is 156 Å². The number of phenols is 1. The molecule has 0 spiro atoms. The first-order chi connectivity index (χ1) is 13.1. The summed E-state index contributed by atoms with van der Waals surface area (Å²) in [7, 11) is 0. The van der Waals surface area contributed by atoms with Crippen LogP contribution in [0.25, 0.3) is 33.4 Å². The maximum absolute atomic E-state index is 10.7. The second-order valence-corrected chi connectivity index (χ2v) is 7.10. The standard InChI is InChI=1S/C21H20N4O2/c1-12-20-19(27-13(2)23-20)10-15(21(12)26)18-11-22-17-9-14(5-6-16(17)24-18)25-7-3-4-8-25/h5-6,9-11,26H,3-4,7-8H2,1-2H3. The number of phenolic OH excluding ortho intramolecular Hbond substituents is 1. The molecule has 0 radical (unpaired) electrons. The molecule has 6 heteroatoms. The lowest BCUT2D eigenvalue weighted by molar-refractivity contribution is 0.473. The predicted octanol–water partition coefficient (Wildman–Crippen LogP) is 4.36. The zero-order valence-electron chi connectivity index (χ0n) is 15.4. The van der Waals surface area contributed by atoms with Crippen molar-refractivity contribution in [3.05, 3.63) is 41.9 Å². The van der Waals surface area contributed by atoms with Crippen molar-refractivity contribution in [2.45, 2.75) is 26.7 Å². The second kappa shape index (κ2) is 5.94. The van der Waals surface area contributed by atoms with Gasteiger partial charge in [0.05, 0.1) is 22.9 Å². The van der Waals surface area contributed by atoms with E-state index in [2.05, 4.69) is 27.0 Å². The fourth-order valence-electron chi connectivity index (χ4n) is 3.82. The predicted molar refractivity (Wildman–Crippen MR) is 105 cm³/mol. The van der Waals surface area contributed by atoms with Gasteiger partial charge in [0.25, 0.3) is 0 Å². The maximum atomic E-state index is 10.7. The molecule has 1 aliphatic rings. The summed E-state index contributed by atoms with van der Waals surface area (Å²) in [5.41, 5.74) is 6.09. The van der Waals surface area contributed by atoms with E-state index in [0.717, 1.165) is 24.1 Å². The van der Waals surface area contributed by atoms with Gasteiger partial charge in [-0.05, 0) is 44.0 Å². The number of fused-ring (bicyclic) bond motifs is 2. The van der Waals surface area contributed by atoms with E-state index >= 15 is 0 Å². The molecule has 0 aliphatic carbocycles. The minimum Gasteiger partial charge on any atom is -0.507 e. The molecule has 2 aromatic carbocycles. The van der Waals surface area contributed by atoms with Gasteiger partial charge in [-0.3, -0.25) is 4.98 Å². The molecule has 0 amide bonds. The number of aryl methyl sites for hydroxylation is 2. The molecule has 6 nitrogen and oxygen atoms in total. The van der Waals surface area contributed by atoms with Gasteiger partial charge >= 0.3 is 0 Å². The zero-order chi connectivity index (χ0) is 18.5. The monoisotopic (exact) mass is 360 g/mol. The van der Waals surface area contributed by atoms with Crippen LogP contribution in [0.4, 0.5) is 5.69 Å². The highest BCUT2D eigenvalue weighted by Crippen LogP contribution is 2.37. The van der Waals surface area contributed by atoms with Crippen molar-refractivity contribution in [1.29, 1.82) is 0 Å². The number of benzene rings is 2. The first-order valence-electron chi connectivity index (χ1n) is 9.22. The Hall–Kier alpha value is -3.15. The van der Waals surface area contributed by atoms with E-state index in [4.69, 9.17) is 9.40 Å². The number of anilines is 1. The molecule has 1 N–H and O–H groups in total. The van der Waals surface area contributed by atoms with Gasteiger partial charge in [-0.2, -0.15) is 0 Å². The Morgan fingerprint density at radius 2 is 1.85 bits per heavy atom. The number of nitrogens with zero attached hydrogens (tertiary/aromatic N) is 4. The molecule has 5 rings (SSSR count). The van der Waals surface area contributed by atoms with Crippen LogP contribution in [0.1, 0.15) is 24.3 Å². The van der Waals surface area contributed by atoms with Crippen LogP contribution < -0.4 is 4.90 Å². The summed E-state index contributed by atoms with van der Waals surface area (Å²) in [5, 5.41) is 10.7. The summed E-state index contributed by atoms with van der Waals surface area (Å²) in [6, 6.07) is 7.97. The highest BCUT2D eigenvalue weighted by atomic mass is 16.3. The van der Waals surface area contributed by atoms with Gasteiger partial charge in [0.15, 0.2) is 11.5 Å². The first kappa shape index (κ1) is 16.1. The van der Waals surface area contributed by atoms with Crippen LogP contribution in [0.2, 0.25) is 0 Å². The third kappa shape index (κ3) is 2.60. The van der Waals surface area contributed by atoms with Gasteiger partial charge in [0, 0.05) is 36.8 Å². The molecule has 136 valence electrons. The van der Waals surface area contributed by atoms with Gasteiger partial charge in [-0.15, -0.1) is 0 Å². The topological polar surface area (TPSA) is 75.3 Å². The Morgan fingerprint density at radius 1 is 1.04 bits per heavy atom. The van der Waals surface area contributed by atoms with Crippen molar-refractivity contribution in [3.63, 3.8) is 0 Å². The average molecular weight is 360 g/mol. The highest BCUT2D eigenvalue weighted by molar-refractivity contribution is 5.89. The van der Waals surface area contributed by atoms with Gasteiger partial charge in [0.1, 0.15) is 11.3 Å². The van der Waals surface area contributed by atoms with Crippen molar-refractivity contribution in [3.8, 4) is 17.0 Å². The Kier molecular flexibility index (Phi) is 3.53. The van der Waals surface area contributed by atoms with Crippen molar-refractivity contribution >= 4 is 27.8 Å². The quantitative estimate of drug-likeness (QED) is 0.572. The summed E-state index contributed by atoms with van der Waals surface area (Å²) in [6.07, 6.45) is 4.19. The average Bonchev–Trinajstić information content (AvgIpc) is 3.33. The third-order valence-electron chi connectivity index (χ3n) is 5.27. The molecule has 0 saturated carbocycles. The molecule has 1 aliphatic heterocycles. The van der Waals surface area contributed by atoms with Crippen LogP contribution in [-0.4, -0.2) is 33.1 Å². The number of hydrogen-bond donors (Lipinski definition) is 1. The highest BCUT2D eigenvalue weighted by Gasteiger charge is 2.17. The number of aromatic nitrogens is 3. The van der Waals surface area contributed by atoms with Gasteiger partial charge < -0.3 is 14.4 Å². The summed E-state index contributed by atoms with van der Waals surface area (Å²) in [5.74, 6) is 0.738. The molecule has 1 fully saturated rings. The number of rotatable bonds is 2. The van der Waals surface area contributed by atoms with Gasteiger partial charge in [-0.25, -0.2) is 9.97 Å². The lowest BCUT2D eigenvalue weighted by Crippen LogP contribution is -2.17. The van der Waals surface area contributed by atoms with E-state index in [1.54, 1.807) is 19.2 Å². The molecule has 3 heterocycles. The van der Waals surface area contributed by atoms with Crippen LogP contribution in [0.3, 0.4) is 0 Å². The molecule has 0 bridgehead atoms. The summed E-state index contributed by atoms with van der Waals surface area (Å²) in [6.45, 7) is 5.82. The number of oxazole rings is 1. The van der Waals surface area contributed by atoms with Crippen molar-refractivity contribution in [1.82, 2.24) is 15.0 Å². The normalized spacial score (nSPS) is 14.5. The van der Waals surface area contributed by atoms with Crippen molar-refractivity contribution in [2.75, 3.05) is 18.0 Å². The van der Waals surface area contributed by atoms with Crippen molar-refractivity contribution in [2.24, 2.45) is 0 Å². The lowest BCUT2D eigenvalue weighted by Gasteiger charge is -2.17. The second-order valence-electron chi connectivity index (χ2n) is 7.10. The summed E-state index contributed by atoms with van der Waals surface area (Å²) in [4.78, 5) is 16.0. The van der Waals surface area contributed by atoms with Crippen LogP contribution >= 0.6 is 0 Å². The van der Waals surface area contributed by atoms with E-state index in [1.807, 2.05) is 13.0 Å². The minimum absolute atomic E-state index is 0.165. The number of aromatic hydroxyl groups is 1. The van der Waals surface area contributed by atoms with E-state index in [0.29, 0.717) is 33.8 Å². The summed E-state index contributed by atoms with van der Waals surface area (Å²) < 4.78 is 5.65. The fourth-order valence-corrected chi connectivity index (χ4v) is 3.82. The maximum Gasteiger partial charge on any atom is 0.192 e. The Balaban J connectivity index is 1.61. The van der Waals surface area contributed by atoms with Gasteiger partial charge in [-0.1, -0.05) is 0 Å². The molecule has 2 aromatic heterocycles. The molecule has 1 saturated heterocycles. The third-order valence-corrected chi connectivity index (χ3v) is 5.27. The lowest BCUT2D eigenvalue weighted by atomic mass is 10.1. The van der Waals surface area contributed by atoms with Gasteiger partial charge in [0.2, 0.25) is 0 Å². The van der Waals surface area contributed by atoms with Crippen LogP contribution in [0.5, 0.6) is 5.75 Å². The van der Waals surface area contributed by atoms with Crippen LogP contribution in [0, 0.1) is 13.8 Å². The summed E-state index contributed by atoms with van der Waals surface area (Å²) >= 11 is 0. The SMILES string of the molecule is Cc1nc2c(C)c(O)c(-c3cnc4cc(N5CCCC5)ccc4n3)cc2o1. The van der Waals surface area contributed by atoms with E-state index < -0.39 is 0 Å². The molecule has 27 heavy (non-hydrogen) atoms. The first-order valence-corrected chi connectivity index (χ1v) is 9.22. The van der Waals surface area contributed by atoms with E-state index in [-0.39, 0.29) is 5.75 Å². The minimum atomic E-state index is 0.165. The molecule has 4 aromatic rings. The molecule has 0 atom stereocenters. The largest absolute Gasteiger partial charge is 0.507 e. The molecular formula is C21H20N4O2. The number of hydrogen-bond acceptors (Lipinski definition) is 6. The smallest absolute Gasteiger partial charge is 0.192 e. The van der Waals surface area contributed by atoms with E-state index in [9.17, 15) is 5.11 Å². The van der Waals surface area contributed by atoms with Crippen LogP contribution in [0.15, 0.2) is 34.9 Å². The Bertz CT molecular complexity index is 1180.